The number of hydrogen-bond donors (Lipinski definition) is 1. The molecule has 6 nitrogen and oxygen atoms in total. The van der Waals surface area contributed by atoms with Crippen LogP contribution in [0.5, 0.6) is 0 Å². The highest BCUT2D eigenvalue weighted by atomic mass is 127. The van der Waals surface area contributed by atoms with Crippen LogP contribution in [0, 0.1) is 3.57 Å². The van der Waals surface area contributed by atoms with E-state index in [9.17, 15) is 14.4 Å². The van der Waals surface area contributed by atoms with Crippen LogP contribution >= 0.6 is 22.6 Å². The van der Waals surface area contributed by atoms with Crippen molar-refractivity contribution in [3.8, 4) is 0 Å². The van der Waals surface area contributed by atoms with Gasteiger partial charge in [-0.3, -0.25) is 9.59 Å². The molecule has 1 rings (SSSR count). The van der Waals surface area contributed by atoms with E-state index in [2.05, 4.69) is 32.6 Å². The van der Waals surface area contributed by atoms with Gasteiger partial charge in [0.1, 0.15) is 6.04 Å². The molecule has 0 spiro atoms. The minimum Gasteiger partial charge on any atom is -0.469 e. The number of carbonyl (C=O) groups is 3. The number of halogens is 1. The largest absolute Gasteiger partial charge is 0.469 e. The lowest BCUT2D eigenvalue weighted by molar-refractivity contribution is -0.145. The fourth-order valence-electron chi connectivity index (χ4n) is 1.80. The molecule has 0 saturated heterocycles. The van der Waals surface area contributed by atoms with Crippen molar-refractivity contribution in [2.45, 2.75) is 25.3 Å². The molecule has 0 saturated carbocycles. The first kappa shape index (κ1) is 18.4. The molecule has 0 aliphatic heterocycles. The number of methoxy groups -OCH3 is 2. The predicted octanol–water partition coefficient (Wildman–Crippen LogP) is 1.44. The van der Waals surface area contributed by atoms with Crippen LogP contribution in [0.3, 0.4) is 0 Å². The summed E-state index contributed by atoms with van der Waals surface area (Å²) in [5.41, 5.74) is 0.937. The van der Waals surface area contributed by atoms with Gasteiger partial charge in [0.15, 0.2) is 0 Å². The van der Waals surface area contributed by atoms with Crippen LogP contribution in [-0.2, 0) is 30.3 Å². The van der Waals surface area contributed by atoms with Crippen LogP contribution in [0.25, 0.3) is 0 Å². The van der Waals surface area contributed by atoms with E-state index in [-0.39, 0.29) is 12.8 Å². The minimum atomic E-state index is -0.786. The van der Waals surface area contributed by atoms with Gasteiger partial charge in [0.25, 0.3) is 0 Å². The van der Waals surface area contributed by atoms with Gasteiger partial charge in [0, 0.05) is 16.4 Å². The third-order valence-electron chi connectivity index (χ3n) is 2.99. The van der Waals surface area contributed by atoms with Gasteiger partial charge in [-0.05, 0) is 34.2 Å². The summed E-state index contributed by atoms with van der Waals surface area (Å²) in [6.45, 7) is 0. The number of nitrogens with one attached hydrogen (secondary N) is 1. The average molecular weight is 419 g/mol. The minimum absolute atomic E-state index is 0.0287. The van der Waals surface area contributed by atoms with E-state index in [1.54, 1.807) is 0 Å². The second-order valence-electron chi connectivity index (χ2n) is 4.51. The highest BCUT2D eigenvalue weighted by Crippen LogP contribution is 2.14. The highest BCUT2D eigenvalue weighted by molar-refractivity contribution is 14.1. The molecule has 0 aromatic heterocycles. The van der Waals surface area contributed by atoms with Crippen molar-refractivity contribution < 1.29 is 23.9 Å². The van der Waals surface area contributed by atoms with E-state index in [1.165, 1.54) is 14.2 Å². The summed E-state index contributed by atoms with van der Waals surface area (Å²) >= 11 is 2.17. The standard InChI is InChI=1S/C15H18INO5/c1-21-14(19)8-7-13(18)17-12(15(20)22-2)9-10-5-3-4-6-11(10)16/h3-6,12H,7-9H2,1-2H3,(H,17,18)/t12-/m0/s1. The van der Waals surface area contributed by atoms with Crippen molar-refractivity contribution in [3.63, 3.8) is 0 Å². The molecule has 22 heavy (non-hydrogen) atoms. The third kappa shape index (κ3) is 6.00. The summed E-state index contributed by atoms with van der Waals surface area (Å²) < 4.78 is 10.2. The van der Waals surface area contributed by atoms with Gasteiger partial charge in [-0.2, -0.15) is 0 Å². The maximum atomic E-state index is 11.8. The van der Waals surface area contributed by atoms with Gasteiger partial charge < -0.3 is 14.8 Å². The Kier molecular flexibility index (Phi) is 7.86. The average Bonchev–Trinajstić information content (AvgIpc) is 2.53. The van der Waals surface area contributed by atoms with E-state index in [0.717, 1.165) is 9.13 Å². The number of amides is 1. The fourth-order valence-corrected chi connectivity index (χ4v) is 2.41. The molecule has 0 fully saturated rings. The van der Waals surface area contributed by atoms with E-state index >= 15 is 0 Å². The number of benzene rings is 1. The second kappa shape index (κ2) is 9.39. The van der Waals surface area contributed by atoms with Gasteiger partial charge in [-0.25, -0.2) is 4.79 Å². The Morgan fingerprint density at radius 2 is 1.82 bits per heavy atom. The predicted molar refractivity (Wildman–Crippen MR) is 88.1 cm³/mol. The lowest BCUT2D eigenvalue weighted by Gasteiger charge is -2.17. The Hall–Kier alpha value is -1.64. The Bertz CT molecular complexity index is 546. The van der Waals surface area contributed by atoms with Crippen LogP contribution in [0.4, 0.5) is 0 Å². The summed E-state index contributed by atoms with van der Waals surface area (Å²) in [4.78, 5) is 34.7. The van der Waals surface area contributed by atoms with Crippen molar-refractivity contribution in [2.75, 3.05) is 14.2 Å². The SMILES string of the molecule is COC(=O)CCC(=O)N[C@@H](Cc1ccccc1I)C(=O)OC. The van der Waals surface area contributed by atoms with Crippen LogP contribution in [0.2, 0.25) is 0 Å². The van der Waals surface area contributed by atoms with Gasteiger partial charge in [0.2, 0.25) is 5.91 Å². The number of esters is 2. The molecular formula is C15H18INO5. The van der Waals surface area contributed by atoms with Crippen molar-refractivity contribution in [1.82, 2.24) is 5.32 Å². The van der Waals surface area contributed by atoms with E-state index in [0.29, 0.717) is 6.42 Å². The molecule has 0 aliphatic carbocycles. The summed E-state index contributed by atoms with van der Waals surface area (Å²) in [5.74, 6) is -1.39. The number of rotatable bonds is 7. The van der Waals surface area contributed by atoms with Crippen molar-refractivity contribution in [2.24, 2.45) is 0 Å². The molecule has 0 aliphatic rings. The molecule has 0 radical (unpaired) electrons. The topological polar surface area (TPSA) is 81.7 Å². The van der Waals surface area contributed by atoms with Gasteiger partial charge in [-0.15, -0.1) is 0 Å². The van der Waals surface area contributed by atoms with E-state index in [4.69, 9.17) is 4.74 Å². The van der Waals surface area contributed by atoms with Crippen molar-refractivity contribution in [3.05, 3.63) is 33.4 Å². The molecule has 1 amide bonds. The molecule has 7 heteroatoms. The molecule has 0 bridgehead atoms. The van der Waals surface area contributed by atoms with Crippen molar-refractivity contribution >= 4 is 40.4 Å². The Balaban J connectivity index is 2.69. The Morgan fingerprint density at radius 3 is 2.41 bits per heavy atom. The maximum Gasteiger partial charge on any atom is 0.328 e. The quantitative estimate of drug-likeness (QED) is 0.535. The van der Waals surface area contributed by atoms with Crippen LogP contribution in [-0.4, -0.2) is 38.1 Å². The lowest BCUT2D eigenvalue weighted by Crippen LogP contribution is -2.43. The molecule has 0 heterocycles. The normalized spacial score (nSPS) is 11.4. The molecular weight excluding hydrogens is 401 g/mol. The molecule has 0 unspecified atom stereocenters. The first-order chi connectivity index (χ1) is 10.5. The first-order valence-corrected chi connectivity index (χ1v) is 7.73. The number of hydrogen-bond acceptors (Lipinski definition) is 5. The van der Waals surface area contributed by atoms with Gasteiger partial charge in [0.05, 0.1) is 20.6 Å². The number of ether oxygens (including phenoxy) is 2. The first-order valence-electron chi connectivity index (χ1n) is 6.65. The smallest absolute Gasteiger partial charge is 0.328 e. The van der Waals surface area contributed by atoms with Crippen molar-refractivity contribution in [1.29, 1.82) is 0 Å². The second-order valence-corrected chi connectivity index (χ2v) is 5.68. The zero-order valence-corrected chi connectivity index (χ0v) is 14.6. The maximum absolute atomic E-state index is 11.8. The monoisotopic (exact) mass is 419 g/mol. The highest BCUT2D eigenvalue weighted by Gasteiger charge is 2.23. The fraction of sp³-hybridized carbons (Fsp3) is 0.400. The summed E-state index contributed by atoms with van der Waals surface area (Å²) in [7, 11) is 2.53. The van der Waals surface area contributed by atoms with Gasteiger partial charge >= 0.3 is 11.9 Å². The van der Waals surface area contributed by atoms with Crippen LogP contribution in [0.1, 0.15) is 18.4 Å². The summed E-state index contributed by atoms with van der Waals surface area (Å²) in [6.07, 6.45) is 0.265. The van der Waals surface area contributed by atoms with Crippen LogP contribution in [0.15, 0.2) is 24.3 Å². The molecule has 1 N–H and O–H groups in total. The molecule has 120 valence electrons. The number of carbonyl (C=O) groups excluding carboxylic acids is 3. The third-order valence-corrected chi connectivity index (χ3v) is 4.04. The van der Waals surface area contributed by atoms with E-state index < -0.39 is 23.9 Å². The molecule has 1 aromatic carbocycles. The van der Waals surface area contributed by atoms with E-state index in [1.807, 2.05) is 24.3 Å². The zero-order valence-electron chi connectivity index (χ0n) is 12.4. The molecule has 1 aromatic rings. The molecule has 1 atom stereocenters. The van der Waals surface area contributed by atoms with Crippen LogP contribution < -0.4 is 5.32 Å². The lowest BCUT2D eigenvalue weighted by atomic mass is 10.1. The van der Waals surface area contributed by atoms with Gasteiger partial charge in [-0.1, -0.05) is 18.2 Å². The summed E-state index contributed by atoms with van der Waals surface area (Å²) in [5, 5.41) is 2.60. The Morgan fingerprint density at radius 1 is 1.14 bits per heavy atom. The Labute approximate surface area is 142 Å². The summed E-state index contributed by atoms with van der Waals surface area (Å²) in [6, 6.07) is 6.78. The zero-order chi connectivity index (χ0) is 16.5.